The van der Waals surface area contributed by atoms with Gasteiger partial charge in [0.1, 0.15) is 0 Å². The van der Waals surface area contributed by atoms with Gasteiger partial charge in [0.2, 0.25) is 0 Å². The third kappa shape index (κ3) is 19.3. The molecule has 0 unspecified atom stereocenters. The Hall–Kier alpha value is 3.08. The maximum Gasteiger partial charge on any atom is 0 e. The molecule has 0 aliphatic rings. The molecule has 0 spiro atoms. The minimum Gasteiger partial charge on any atom is 0 e. The van der Waals surface area contributed by atoms with Crippen LogP contribution >= 0.6 is 17.0 Å². The molecule has 0 atom stereocenters. The van der Waals surface area contributed by atoms with E-state index in [9.17, 15) is 0 Å². The van der Waals surface area contributed by atoms with Crippen LogP contribution in [0.1, 0.15) is 0 Å². The predicted octanol–water partition coefficient (Wildman–Crippen LogP) is 0.836. The van der Waals surface area contributed by atoms with Crippen LogP contribution in [0, 0.1) is 0 Å². The standard InChI is InChI=1S/Br.Co.Mn.Mo.Zr. The van der Waals surface area contributed by atoms with Gasteiger partial charge in [-0.2, -0.15) is 0 Å². The molecule has 0 aromatic carbocycles. The fourth-order valence-electron chi connectivity index (χ4n) is 0. The van der Waals surface area contributed by atoms with E-state index in [4.69, 9.17) is 0 Å². The molecule has 0 nitrogen and oxygen atoms in total. The van der Waals surface area contributed by atoms with Crippen molar-refractivity contribution in [3.05, 3.63) is 0 Å². The van der Waals surface area contributed by atoms with E-state index in [2.05, 4.69) is 0 Å². The Morgan fingerprint density at radius 1 is 1.00 bits per heavy atom. The van der Waals surface area contributed by atoms with Gasteiger partial charge in [-0.15, -0.1) is 0 Å². The molecule has 0 bridgehead atoms. The molecular formula is BrCoMnMoZr. The van der Waals surface area contributed by atoms with Gasteiger partial charge in [0.15, 0.2) is 0 Å². The Kier molecular flexibility index (Phi) is 236. The molecule has 3 radical (unpaired) electrons. The second-order valence-corrected chi connectivity index (χ2v) is 0. The Morgan fingerprint density at radius 3 is 1.00 bits per heavy atom. The van der Waals surface area contributed by atoms with E-state index in [0.717, 1.165) is 0 Å². The van der Waals surface area contributed by atoms with Crippen LogP contribution in [-0.2, 0) is 81.1 Å². The zero-order valence-corrected chi connectivity index (χ0v) is 10.3. The number of hydrogen-bond acceptors (Lipinski definition) is 0. The second-order valence-electron chi connectivity index (χ2n) is 0. The van der Waals surface area contributed by atoms with Crippen molar-refractivity contribution in [2.75, 3.05) is 0 Å². The molecule has 0 heterocycles. The number of hydrogen-bond donors (Lipinski definition) is 0. The SMILES string of the molecule is [Br].[Co].[Mn].[Mo].[Zr]. The molecule has 33 valence electrons. The Labute approximate surface area is 96.4 Å². The van der Waals surface area contributed by atoms with Crippen molar-refractivity contribution in [1.29, 1.82) is 0 Å². The summed E-state index contributed by atoms with van der Waals surface area (Å²) in [7, 11) is 0. The summed E-state index contributed by atoms with van der Waals surface area (Å²) < 4.78 is 0. The minimum absolute atomic E-state index is 0. The van der Waals surface area contributed by atoms with Gasteiger partial charge in [0.05, 0.1) is 0 Å². The molecule has 0 saturated carbocycles. The summed E-state index contributed by atoms with van der Waals surface area (Å²) in [5, 5.41) is 0. The van der Waals surface area contributed by atoms with Crippen molar-refractivity contribution in [2.24, 2.45) is 0 Å². The Bertz CT molecular complexity index is 11.6. The molecule has 0 fully saturated rings. The zero-order valence-electron chi connectivity index (χ0n) is 2.00. The van der Waals surface area contributed by atoms with E-state index in [1.54, 1.807) is 0 Å². The number of rotatable bonds is 0. The summed E-state index contributed by atoms with van der Waals surface area (Å²) in [6, 6.07) is 0. The first-order valence-corrected chi connectivity index (χ1v) is 0. The maximum absolute atomic E-state index is 0. The van der Waals surface area contributed by atoms with E-state index >= 15 is 0 Å². The van der Waals surface area contributed by atoms with Crippen LogP contribution in [-0.4, -0.2) is 0 Å². The van der Waals surface area contributed by atoms with Crippen molar-refractivity contribution >= 4 is 17.0 Å². The molecule has 5 heteroatoms. The fraction of sp³-hybridized carbons (Fsp3) is 0. The first-order valence-electron chi connectivity index (χ1n) is 0. The maximum atomic E-state index is 0. The number of halogens is 1. The van der Waals surface area contributed by atoms with Crippen molar-refractivity contribution in [2.45, 2.75) is 0 Å². The van der Waals surface area contributed by atoms with E-state index in [0.29, 0.717) is 0 Å². The van der Waals surface area contributed by atoms with Crippen LogP contribution in [0.4, 0.5) is 0 Å². The van der Waals surface area contributed by atoms with Crippen LogP contribution in [0.2, 0.25) is 0 Å². The van der Waals surface area contributed by atoms with Crippen LogP contribution in [0.15, 0.2) is 0 Å². The molecule has 0 aromatic rings. The molecule has 0 N–H and O–H groups in total. The monoisotopic (exact) mass is 381 g/mol. The molecule has 0 aromatic heterocycles. The van der Waals surface area contributed by atoms with Gasteiger partial charge in [-0.25, -0.2) is 0 Å². The first kappa shape index (κ1) is 42.7. The van der Waals surface area contributed by atoms with Crippen LogP contribution in [0.5, 0.6) is 0 Å². The Balaban J connectivity index is 0. The van der Waals surface area contributed by atoms with Crippen molar-refractivity contribution < 1.29 is 81.1 Å². The summed E-state index contributed by atoms with van der Waals surface area (Å²) >= 11 is 0. The summed E-state index contributed by atoms with van der Waals surface area (Å²) in [6.07, 6.45) is 0. The van der Waals surface area contributed by atoms with Crippen molar-refractivity contribution in [1.82, 2.24) is 0 Å². The van der Waals surface area contributed by atoms with E-state index < -0.39 is 0 Å². The van der Waals surface area contributed by atoms with Crippen molar-refractivity contribution in [3.8, 4) is 0 Å². The van der Waals surface area contributed by atoms with Crippen molar-refractivity contribution in [3.63, 3.8) is 0 Å². The van der Waals surface area contributed by atoms with E-state index in [-0.39, 0.29) is 98.1 Å². The molecule has 0 amide bonds. The molecular weight excluding hydrogens is 381 g/mol. The van der Waals surface area contributed by atoms with Gasteiger partial charge < -0.3 is 0 Å². The van der Waals surface area contributed by atoms with Gasteiger partial charge in [-0.3, -0.25) is 0 Å². The summed E-state index contributed by atoms with van der Waals surface area (Å²) in [6.45, 7) is 0. The second kappa shape index (κ2) is 27.6. The topological polar surface area (TPSA) is 0 Å². The van der Waals surface area contributed by atoms with E-state index in [1.165, 1.54) is 0 Å². The van der Waals surface area contributed by atoms with Crippen LogP contribution in [0.3, 0.4) is 0 Å². The smallest absolute Gasteiger partial charge is 0 e. The summed E-state index contributed by atoms with van der Waals surface area (Å²) in [5.41, 5.74) is 0. The van der Waals surface area contributed by atoms with Gasteiger partial charge in [0.25, 0.3) is 0 Å². The summed E-state index contributed by atoms with van der Waals surface area (Å²) in [4.78, 5) is 0. The van der Waals surface area contributed by atoms with Gasteiger partial charge in [0, 0.05) is 98.1 Å². The first-order chi connectivity index (χ1) is 0. The third-order valence-corrected chi connectivity index (χ3v) is 0. The normalized spacial score (nSPS) is 0. The average molecular weight is 381 g/mol. The summed E-state index contributed by atoms with van der Waals surface area (Å²) in [5.74, 6) is 0. The van der Waals surface area contributed by atoms with E-state index in [1.807, 2.05) is 0 Å². The molecule has 0 aliphatic carbocycles. The predicted molar refractivity (Wildman–Crippen MR) is 8.93 cm³/mol. The average Bonchev–Trinajstić information content (AvgIpc) is 0. The molecule has 0 rings (SSSR count). The van der Waals surface area contributed by atoms with Gasteiger partial charge in [-0.05, 0) is 0 Å². The molecule has 5 heavy (non-hydrogen) atoms. The largest absolute Gasteiger partial charge is 0 e. The molecule has 0 aliphatic heterocycles. The van der Waals surface area contributed by atoms with Crippen LogP contribution < -0.4 is 0 Å². The minimum atomic E-state index is 0. The van der Waals surface area contributed by atoms with Crippen LogP contribution in [0.25, 0.3) is 0 Å². The zero-order chi connectivity index (χ0) is 0. The Morgan fingerprint density at radius 2 is 1.00 bits per heavy atom. The fourth-order valence-corrected chi connectivity index (χ4v) is 0. The third-order valence-electron chi connectivity index (χ3n) is 0. The molecule has 0 saturated heterocycles. The quantitative estimate of drug-likeness (QED) is 0.546. The van der Waals surface area contributed by atoms with Gasteiger partial charge in [-0.1, -0.05) is 0 Å². The van der Waals surface area contributed by atoms with Gasteiger partial charge >= 0.3 is 0 Å².